The van der Waals surface area contributed by atoms with Crippen LogP contribution in [0.5, 0.6) is 0 Å². The molecule has 1 aromatic carbocycles. The number of thiazole rings is 1. The molecule has 0 aliphatic heterocycles. The number of hydrogen-bond acceptors (Lipinski definition) is 3. The number of nitrogens with zero attached hydrogens (tertiary/aromatic N) is 1. The summed E-state index contributed by atoms with van der Waals surface area (Å²) < 4.78 is 9.91. The molecule has 0 aliphatic carbocycles. The van der Waals surface area contributed by atoms with Crippen molar-refractivity contribution in [3.05, 3.63) is 46.1 Å². The van der Waals surface area contributed by atoms with Crippen LogP contribution < -0.4 is 0 Å². The summed E-state index contributed by atoms with van der Waals surface area (Å²) in [7, 11) is 0. The summed E-state index contributed by atoms with van der Waals surface area (Å²) in [5, 5.41) is 0. The fourth-order valence-corrected chi connectivity index (χ4v) is 20.2. The van der Waals surface area contributed by atoms with Gasteiger partial charge >= 0.3 is 192 Å². The first-order valence-corrected chi connectivity index (χ1v) is 21.0. The number of benzene rings is 1. The van der Waals surface area contributed by atoms with E-state index in [4.69, 9.17) is 4.98 Å². The number of allylic oxidation sites excluding steroid dienone is 2. The molecule has 0 aliphatic rings. The molecule has 0 N–H and O–H groups in total. The molecule has 0 atom stereocenters. The molecule has 0 spiro atoms. The van der Waals surface area contributed by atoms with Crippen LogP contribution in [-0.4, -0.2) is 29.1 Å². The Morgan fingerprint density at radius 3 is 2.21 bits per heavy atom. The van der Waals surface area contributed by atoms with Crippen LogP contribution in [0.25, 0.3) is 10.2 Å². The van der Waals surface area contributed by atoms with E-state index in [-0.39, 0.29) is 0 Å². The van der Waals surface area contributed by atoms with E-state index in [2.05, 4.69) is 68.2 Å². The molecular weight excluding hydrogens is 497 g/mol. The summed E-state index contributed by atoms with van der Waals surface area (Å²) in [5.41, 5.74) is 2.56. The molecule has 1 heterocycles. The Morgan fingerprint density at radius 2 is 1.62 bits per heavy atom. The number of unbranched alkanes of at least 4 members (excludes halogenated alkanes) is 3. The molecule has 0 fully saturated rings. The van der Waals surface area contributed by atoms with Crippen molar-refractivity contribution in [2.45, 2.75) is 83.9 Å². The Morgan fingerprint density at radius 1 is 1.00 bits per heavy atom. The van der Waals surface area contributed by atoms with Gasteiger partial charge in [0.1, 0.15) is 0 Å². The normalized spacial score (nSPS) is 13.0. The van der Waals surface area contributed by atoms with Gasteiger partial charge < -0.3 is 0 Å². The predicted molar refractivity (Wildman–Crippen MR) is 138 cm³/mol. The molecule has 1 nitrogen and oxygen atoms in total. The summed E-state index contributed by atoms with van der Waals surface area (Å²) in [4.78, 5) is 4.74. The topological polar surface area (TPSA) is 12.9 Å². The van der Waals surface area contributed by atoms with Gasteiger partial charge in [0.25, 0.3) is 0 Å². The van der Waals surface area contributed by atoms with E-state index in [1.165, 1.54) is 53.1 Å². The molecule has 0 unspecified atom stereocenters. The second-order valence-corrected chi connectivity index (χ2v) is 23.5. The number of thioether (sulfide) groups is 1. The fraction of sp³-hybridized carbons (Fsp3) is 0.560. The fourth-order valence-electron chi connectivity index (χ4n) is 3.74. The molecule has 160 valence electrons. The number of fused-ring (bicyclic) bond motifs is 1. The third kappa shape index (κ3) is 8.78. The van der Waals surface area contributed by atoms with E-state index >= 15 is 0 Å². The average molecular weight is 536 g/mol. The van der Waals surface area contributed by atoms with Gasteiger partial charge in [-0.3, -0.25) is 0 Å². The van der Waals surface area contributed by atoms with Crippen molar-refractivity contribution < 1.29 is 0 Å². The van der Waals surface area contributed by atoms with E-state index in [0.29, 0.717) is 0 Å². The molecule has 0 radical (unpaired) electrons. The average Bonchev–Trinajstić information content (AvgIpc) is 3.15. The van der Waals surface area contributed by atoms with Crippen LogP contribution in [0.15, 0.2) is 50.4 Å². The van der Waals surface area contributed by atoms with Crippen LogP contribution in [-0.2, 0) is 0 Å². The first-order valence-electron chi connectivity index (χ1n) is 11.5. The summed E-state index contributed by atoms with van der Waals surface area (Å²) in [5.74, 6) is 1.01. The van der Waals surface area contributed by atoms with Crippen molar-refractivity contribution in [3.8, 4) is 0 Å². The molecule has 0 saturated heterocycles. The molecule has 4 heteroatoms. The van der Waals surface area contributed by atoms with Crippen molar-refractivity contribution in [3.63, 3.8) is 0 Å². The van der Waals surface area contributed by atoms with E-state index in [1.807, 2.05) is 23.1 Å². The van der Waals surface area contributed by atoms with Crippen LogP contribution in [0.2, 0.25) is 13.3 Å². The SMILES string of the molecule is CCC[CH2][Sn](/[CH]=C/C(C)=C\CSc1nc2ccccc2s1)([CH2]CCC)[CH2]CCC. The zero-order valence-corrected chi connectivity index (χ0v) is 23.4. The van der Waals surface area contributed by atoms with E-state index in [1.54, 1.807) is 13.3 Å². The van der Waals surface area contributed by atoms with Gasteiger partial charge in [0.2, 0.25) is 0 Å². The van der Waals surface area contributed by atoms with Gasteiger partial charge in [0, 0.05) is 0 Å². The van der Waals surface area contributed by atoms with Crippen LogP contribution in [0.4, 0.5) is 0 Å². The number of aromatic nitrogens is 1. The van der Waals surface area contributed by atoms with Gasteiger partial charge in [0.15, 0.2) is 0 Å². The Hall–Kier alpha value is -0.261. The van der Waals surface area contributed by atoms with E-state index in [9.17, 15) is 0 Å². The van der Waals surface area contributed by atoms with Crippen LogP contribution in [0.3, 0.4) is 0 Å². The minimum absolute atomic E-state index is 1.01. The van der Waals surface area contributed by atoms with Gasteiger partial charge in [0.05, 0.1) is 0 Å². The van der Waals surface area contributed by atoms with Crippen molar-refractivity contribution in [1.29, 1.82) is 0 Å². The Kier molecular flexibility index (Phi) is 12.0. The Bertz CT molecular complexity index is 723. The molecule has 2 rings (SSSR count). The quantitative estimate of drug-likeness (QED) is 0.136. The number of hydrogen-bond donors (Lipinski definition) is 0. The molecule has 2 aromatic rings. The van der Waals surface area contributed by atoms with Crippen LogP contribution >= 0.6 is 23.1 Å². The summed E-state index contributed by atoms with van der Waals surface area (Å²) in [6.45, 7) is 9.34. The maximum atomic E-state index is 4.74. The second kappa shape index (κ2) is 13.9. The summed E-state index contributed by atoms with van der Waals surface area (Å²) in [6, 6.07) is 8.43. The van der Waals surface area contributed by atoms with Gasteiger partial charge in [-0.2, -0.15) is 0 Å². The zero-order valence-electron chi connectivity index (χ0n) is 18.9. The maximum absolute atomic E-state index is 4.74. The molecule has 0 bridgehead atoms. The zero-order chi connectivity index (χ0) is 21.0. The Balaban J connectivity index is 2.00. The van der Waals surface area contributed by atoms with E-state index in [0.717, 1.165) is 11.3 Å². The van der Waals surface area contributed by atoms with Crippen LogP contribution in [0, 0.1) is 0 Å². The van der Waals surface area contributed by atoms with Gasteiger partial charge in [-0.1, -0.05) is 0 Å². The van der Waals surface area contributed by atoms with Gasteiger partial charge in [-0.15, -0.1) is 0 Å². The van der Waals surface area contributed by atoms with Crippen molar-refractivity contribution in [2.24, 2.45) is 0 Å². The first-order chi connectivity index (χ1) is 14.1. The van der Waals surface area contributed by atoms with Crippen molar-refractivity contribution in [2.75, 3.05) is 5.75 Å². The Labute approximate surface area is 191 Å². The molecule has 0 amide bonds. The minimum atomic E-state index is -2.15. The summed E-state index contributed by atoms with van der Waals surface area (Å²) in [6.07, 6.45) is 13.2. The number of rotatable bonds is 14. The first kappa shape index (κ1) is 25.0. The predicted octanol–water partition coefficient (Wildman–Crippen LogP) is 9.28. The number of para-hydroxylation sites is 1. The third-order valence-electron chi connectivity index (χ3n) is 5.67. The summed E-state index contributed by atoms with van der Waals surface area (Å²) >= 11 is 1.52. The van der Waals surface area contributed by atoms with E-state index < -0.39 is 18.4 Å². The van der Waals surface area contributed by atoms with Gasteiger partial charge in [-0.25, -0.2) is 0 Å². The molecule has 1 aromatic heterocycles. The third-order valence-corrected chi connectivity index (χ3v) is 21.8. The molecule has 29 heavy (non-hydrogen) atoms. The second-order valence-electron chi connectivity index (χ2n) is 8.21. The van der Waals surface area contributed by atoms with Crippen molar-refractivity contribution in [1.82, 2.24) is 4.98 Å². The van der Waals surface area contributed by atoms with Crippen molar-refractivity contribution >= 4 is 51.7 Å². The standard InChI is InChI=1S/C13H12NS2.3C4H9.Sn/c1-3-10(2)8-9-15-13-14-11-6-4-5-7-12(11)16-13;3*1-3-4-2;/h1,3-8H,9H2,2H3;3*1,3-4H2,2H3;/b3-1?,10-8-;;;;. The molecular formula is C25H39NS2Sn. The van der Waals surface area contributed by atoms with Crippen LogP contribution in [0.1, 0.15) is 66.2 Å². The molecule has 0 saturated carbocycles. The monoisotopic (exact) mass is 537 g/mol. The van der Waals surface area contributed by atoms with Gasteiger partial charge in [-0.05, 0) is 0 Å².